The summed E-state index contributed by atoms with van der Waals surface area (Å²) < 4.78 is 0. The van der Waals surface area contributed by atoms with Gasteiger partial charge in [0.15, 0.2) is 0 Å². The highest BCUT2D eigenvalue weighted by Gasteiger charge is 2.31. The summed E-state index contributed by atoms with van der Waals surface area (Å²) in [7, 11) is 0. The van der Waals surface area contributed by atoms with E-state index in [2.05, 4.69) is 37.4 Å². The van der Waals surface area contributed by atoms with Gasteiger partial charge in [-0.1, -0.05) is 18.2 Å². The normalized spacial score (nSPS) is 19.9. The summed E-state index contributed by atoms with van der Waals surface area (Å²) in [4.78, 5) is 13.6. The van der Waals surface area contributed by atoms with E-state index in [1.807, 2.05) is 18.7 Å². The van der Waals surface area contributed by atoms with Gasteiger partial charge in [-0.3, -0.25) is 0 Å². The molecule has 1 aromatic carbocycles. The summed E-state index contributed by atoms with van der Waals surface area (Å²) in [6, 6.07) is 6.83. The molecule has 2 amide bonds. The van der Waals surface area contributed by atoms with Crippen molar-refractivity contribution in [1.29, 1.82) is 0 Å². The third kappa shape index (κ3) is 2.28. The average molecular weight is 232 g/mol. The molecule has 3 heteroatoms. The molecule has 1 unspecified atom stereocenters. The summed E-state index contributed by atoms with van der Waals surface area (Å²) in [5.41, 5.74) is 3.77. The Morgan fingerprint density at radius 2 is 2.00 bits per heavy atom. The maximum atomic E-state index is 11.8. The van der Waals surface area contributed by atoms with Gasteiger partial charge in [-0.05, 0) is 44.4 Å². The van der Waals surface area contributed by atoms with E-state index in [9.17, 15) is 4.79 Å². The molecule has 1 aromatic rings. The lowest BCUT2D eigenvalue weighted by Gasteiger charge is -2.19. The number of hydrogen-bond donors (Lipinski definition) is 1. The van der Waals surface area contributed by atoms with E-state index >= 15 is 0 Å². The van der Waals surface area contributed by atoms with Gasteiger partial charge in [0, 0.05) is 12.6 Å². The fourth-order valence-electron chi connectivity index (χ4n) is 2.17. The Morgan fingerprint density at radius 1 is 1.29 bits per heavy atom. The van der Waals surface area contributed by atoms with E-state index < -0.39 is 0 Å². The first-order chi connectivity index (χ1) is 7.99. The van der Waals surface area contributed by atoms with Crippen molar-refractivity contribution in [3.63, 3.8) is 0 Å². The summed E-state index contributed by atoms with van der Waals surface area (Å²) in [6.45, 7) is 9.06. The molecule has 17 heavy (non-hydrogen) atoms. The maximum Gasteiger partial charge on any atom is 0.318 e. The second kappa shape index (κ2) is 4.40. The zero-order valence-electron chi connectivity index (χ0n) is 10.9. The summed E-state index contributed by atoms with van der Waals surface area (Å²) in [5, 5.41) is 3.04. The molecule has 0 saturated carbocycles. The molecule has 1 N–H and O–H groups in total. The highest BCUT2D eigenvalue weighted by molar-refractivity contribution is 5.77. The lowest BCUT2D eigenvalue weighted by atomic mass is 10.0. The molecule has 0 bridgehead atoms. The number of amides is 2. The number of nitrogens with one attached hydrogen (secondary N) is 1. The second-order valence-electron chi connectivity index (χ2n) is 5.09. The summed E-state index contributed by atoms with van der Waals surface area (Å²) >= 11 is 0. The summed E-state index contributed by atoms with van der Waals surface area (Å²) in [5.74, 6) is 0. The number of carbonyl (C=O) groups excluding carboxylic acids is 1. The quantitative estimate of drug-likeness (QED) is 0.835. The minimum atomic E-state index is 0.0447. The number of rotatable bonds is 2. The van der Waals surface area contributed by atoms with Gasteiger partial charge >= 0.3 is 6.03 Å². The van der Waals surface area contributed by atoms with Crippen molar-refractivity contribution in [3.8, 4) is 0 Å². The molecule has 92 valence electrons. The molecule has 1 saturated heterocycles. The van der Waals surface area contributed by atoms with Gasteiger partial charge in [0.2, 0.25) is 0 Å². The zero-order valence-corrected chi connectivity index (χ0v) is 10.9. The van der Waals surface area contributed by atoms with Crippen molar-refractivity contribution in [3.05, 3.63) is 34.9 Å². The third-order valence-electron chi connectivity index (χ3n) is 3.49. The molecule has 2 rings (SSSR count). The SMILES string of the molecule is Cc1ccc(C2CN(C(C)C)C(=O)N2)cc1C. The van der Waals surface area contributed by atoms with E-state index in [0.29, 0.717) is 0 Å². The lowest BCUT2D eigenvalue weighted by Crippen LogP contribution is -2.33. The van der Waals surface area contributed by atoms with Crippen molar-refractivity contribution in [2.75, 3.05) is 6.54 Å². The van der Waals surface area contributed by atoms with Crippen molar-refractivity contribution in [2.24, 2.45) is 0 Å². The van der Waals surface area contributed by atoms with Crippen LogP contribution in [0.4, 0.5) is 4.79 Å². The second-order valence-corrected chi connectivity index (χ2v) is 5.09. The van der Waals surface area contributed by atoms with E-state index in [0.717, 1.165) is 6.54 Å². The van der Waals surface area contributed by atoms with Crippen molar-refractivity contribution in [1.82, 2.24) is 10.2 Å². The van der Waals surface area contributed by atoms with E-state index in [1.165, 1.54) is 16.7 Å². The van der Waals surface area contributed by atoms with Gasteiger partial charge in [0.1, 0.15) is 0 Å². The molecule has 0 radical (unpaired) electrons. The monoisotopic (exact) mass is 232 g/mol. The van der Waals surface area contributed by atoms with Crippen LogP contribution in [-0.2, 0) is 0 Å². The Morgan fingerprint density at radius 3 is 2.53 bits per heavy atom. The number of nitrogens with zero attached hydrogens (tertiary/aromatic N) is 1. The predicted octanol–water partition coefficient (Wildman–Crippen LogP) is 2.78. The van der Waals surface area contributed by atoms with Gasteiger partial charge in [0.25, 0.3) is 0 Å². The Kier molecular flexibility index (Phi) is 3.09. The Balaban J connectivity index is 2.20. The van der Waals surface area contributed by atoms with Crippen LogP contribution in [0.15, 0.2) is 18.2 Å². The molecule has 1 aliphatic heterocycles. The molecule has 0 spiro atoms. The molecular formula is C14H20N2O. The van der Waals surface area contributed by atoms with Gasteiger partial charge in [-0.15, -0.1) is 0 Å². The van der Waals surface area contributed by atoms with E-state index in [4.69, 9.17) is 0 Å². The minimum absolute atomic E-state index is 0.0447. The first-order valence-corrected chi connectivity index (χ1v) is 6.13. The van der Waals surface area contributed by atoms with E-state index in [-0.39, 0.29) is 18.1 Å². The highest BCUT2D eigenvalue weighted by Crippen LogP contribution is 2.23. The lowest BCUT2D eigenvalue weighted by molar-refractivity contribution is 0.206. The molecule has 3 nitrogen and oxygen atoms in total. The van der Waals surface area contributed by atoms with Gasteiger partial charge in [-0.25, -0.2) is 4.79 Å². The molecule has 0 aromatic heterocycles. The van der Waals surface area contributed by atoms with Crippen LogP contribution in [0.2, 0.25) is 0 Å². The largest absolute Gasteiger partial charge is 0.329 e. The number of benzene rings is 1. The number of carbonyl (C=O) groups is 1. The predicted molar refractivity (Wildman–Crippen MR) is 69.0 cm³/mol. The van der Waals surface area contributed by atoms with Crippen molar-refractivity contribution in [2.45, 2.75) is 39.8 Å². The van der Waals surface area contributed by atoms with Crippen LogP contribution in [0.25, 0.3) is 0 Å². The number of aryl methyl sites for hydroxylation is 2. The first-order valence-electron chi connectivity index (χ1n) is 6.13. The van der Waals surface area contributed by atoms with E-state index in [1.54, 1.807) is 0 Å². The average Bonchev–Trinajstić information content (AvgIpc) is 2.64. The molecule has 1 atom stereocenters. The van der Waals surface area contributed by atoms with Gasteiger partial charge < -0.3 is 10.2 Å². The van der Waals surface area contributed by atoms with Crippen molar-refractivity contribution >= 4 is 6.03 Å². The van der Waals surface area contributed by atoms with Crippen LogP contribution >= 0.6 is 0 Å². The van der Waals surface area contributed by atoms with Gasteiger partial charge in [0.05, 0.1) is 6.04 Å². The first kappa shape index (κ1) is 12.0. The smallest absolute Gasteiger partial charge is 0.318 e. The zero-order chi connectivity index (χ0) is 12.6. The number of hydrogen-bond acceptors (Lipinski definition) is 1. The molecule has 1 aliphatic rings. The van der Waals surface area contributed by atoms with Crippen LogP contribution in [0.1, 0.15) is 36.6 Å². The standard InChI is InChI=1S/C14H20N2O/c1-9(2)16-8-13(15-14(16)17)12-6-5-10(3)11(4)7-12/h5-7,9,13H,8H2,1-4H3,(H,15,17). The Bertz CT molecular complexity index is 440. The summed E-state index contributed by atoms with van der Waals surface area (Å²) in [6.07, 6.45) is 0. The van der Waals surface area contributed by atoms with Crippen LogP contribution in [0, 0.1) is 13.8 Å². The number of urea groups is 1. The Labute approximate surface area is 103 Å². The fraction of sp³-hybridized carbons (Fsp3) is 0.500. The Hall–Kier alpha value is -1.51. The topological polar surface area (TPSA) is 32.3 Å². The fourth-order valence-corrected chi connectivity index (χ4v) is 2.17. The van der Waals surface area contributed by atoms with Crippen molar-refractivity contribution < 1.29 is 4.79 Å². The van der Waals surface area contributed by atoms with Crippen LogP contribution in [0.5, 0.6) is 0 Å². The van der Waals surface area contributed by atoms with Crippen LogP contribution in [-0.4, -0.2) is 23.5 Å². The van der Waals surface area contributed by atoms with Crippen LogP contribution < -0.4 is 5.32 Å². The van der Waals surface area contributed by atoms with Gasteiger partial charge in [-0.2, -0.15) is 0 Å². The highest BCUT2D eigenvalue weighted by atomic mass is 16.2. The third-order valence-corrected chi connectivity index (χ3v) is 3.49. The minimum Gasteiger partial charge on any atom is -0.329 e. The maximum absolute atomic E-state index is 11.8. The van der Waals surface area contributed by atoms with Crippen LogP contribution in [0.3, 0.4) is 0 Å². The molecular weight excluding hydrogens is 212 g/mol. The molecule has 1 heterocycles. The molecule has 0 aliphatic carbocycles. The molecule has 1 fully saturated rings.